The highest BCUT2D eigenvalue weighted by molar-refractivity contribution is 7.80. The second kappa shape index (κ2) is 5.78. The SMILES string of the molecule is Cc1cc(Cl)ccc1Nc1ccc(C(N)=S)c(Cl)c1. The summed E-state index contributed by atoms with van der Waals surface area (Å²) in [5, 5.41) is 4.52. The van der Waals surface area contributed by atoms with Crippen LogP contribution < -0.4 is 11.1 Å². The van der Waals surface area contributed by atoms with E-state index in [4.69, 9.17) is 41.2 Å². The summed E-state index contributed by atoms with van der Waals surface area (Å²) < 4.78 is 0. The van der Waals surface area contributed by atoms with Gasteiger partial charge in [-0.25, -0.2) is 0 Å². The van der Waals surface area contributed by atoms with E-state index >= 15 is 0 Å². The van der Waals surface area contributed by atoms with Crippen molar-refractivity contribution in [1.29, 1.82) is 0 Å². The van der Waals surface area contributed by atoms with Gasteiger partial charge in [0.2, 0.25) is 0 Å². The molecule has 0 saturated heterocycles. The van der Waals surface area contributed by atoms with E-state index in [0.717, 1.165) is 16.9 Å². The molecule has 0 spiro atoms. The Morgan fingerprint density at radius 3 is 2.47 bits per heavy atom. The van der Waals surface area contributed by atoms with Crippen molar-refractivity contribution in [2.45, 2.75) is 6.92 Å². The average Bonchev–Trinajstić information content (AvgIpc) is 2.32. The van der Waals surface area contributed by atoms with Gasteiger partial charge in [-0.3, -0.25) is 0 Å². The molecule has 0 heterocycles. The van der Waals surface area contributed by atoms with Gasteiger partial charge in [-0.1, -0.05) is 35.4 Å². The molecule has 5 heteroatoms. The fraction of sp³-hybridized carbons (Fsp3) is 0.0714. The van der Waals surface area contributed by atoms with Crippen LogP contribution in [-0.4, -0.2) is 4.99 Å². The van der Waals surface area contributed by atoms with E-state index in [2.05, 4.69) is 5.32 Å². The van der Waals surface area contributed by atoms with Crippen LogP contribution >= 0.6 is 35.4 Å². The van der Waals surface area contributed by atoms with Gasteiger partial charge in [0, 0.05) is 22.0 Å². The summed E-state index contributed by atoms with van der Waals surface area (Å²) in [5.41, 5.74) is 9.15. The lowest BCUT2D eigenvalue weighted by atomic mass is 10.1. The largest absolute Gasteiger partial charge is 0.389 e. The first-order valence-electron chi connectivity index (χ1n) is 5.60. The monoisotopic (exact) mass is 310 g/mol. The minimum atomic E-state index is 0.291. The topological polar surface area (TPSA) is 38.0 Å². The molecule has 2 rings (SSSR count). The minimum absolute atomic E-state index is 0.291. The van der Waals surface area contributed by atoms with Gasteiger partial charge in [-0.15, -0.1) is 0 Å². The number of halogens is 2. The Bertz CT molecular complexity index is 641. The highest BCUT2D eigenvalue weighted by atomic mass is 35.5. The lowest BCUT2D eigenvalue weighted by molar-refractivity contribution is 1.43. The third-order valence-corrected chi connectivity index (χ3v) is 3.47. The Hall–Kier alpha value is -1.29. The van der Waals surface area contributed by atoms with Crippen molar-refractivity contribution in [2.24, 2.45) is 5.73 Å². The molecule has 3 N–H and O–H groups in total. The summed E-state index contributed by atoms with van der Waals surface area (Å²) in [7, 11) is 0. The second-order valence-electron chi connectivity index (χ2n) is 4.14. The summed E-state index contributed by atoms with van der Waals surface area (Å²) in [6.07, 6.45) is 0. The summed E-state index contributed by atoms with van der Waals surface area (Å²) in [6, 6.07) is 11.1. The molecule has 0 aliphatic rings. The Balaban J connectivity index is 2.29. The molecule has 0 amide bonds. The maximum absolute atomic E-state index is 6.13. The van der Waals surface area contributed by atoms with E-state index in [1.807, 2.05) is 31.2 Å². The highest BCUT2D eigenvalue weighted by Crippen LogP contribution is 2.26. The molecule has 2 aromatic carbocycles. The van der Waals surface area contributed by atoms with Gasteiger partial charge < -0.3 is 11.1 Å². The molecular formula is C14H12Cl2N2S. The maximum Gasteiger partial charge on any atom is 0.105 e. The number of aryl methyl sites for hydroxylation is 1. The molecule has 0 aromatic heterocycles. The normalized spacial score (nSPS) is 10.3. The number of thiocarbonyl (C=S) groups is 1. The van der Waals surface area contributed by atoms with E-state index < -0.39 is 0 Å². The fourth-order valence-electron chi connectivity index (χ4n) is 1.72. The van der Waals surface area contributed by atoms with Gasteiger partial charge >= 0.3 is 0 Å². The van der Waals surface area contributed by atoms with E-state index in [1.54, 1.807) is 12.1 Å². The van der Waals surface area contributed by atoms with Crippen molar-refractivity contribution < 1.29 is 0 Å². The van der Waals surface area contributed by atoms with Crippen molar-refractivity contribution >= 4 is 51.8 Å². The van der Waals surface area contributed by atoms with Gasteiger partial charge in [0.05, 0.1) is 5.02 Å². The molecule has 0 fully saturated rings. The zero-order valence-corrected chi connectivity index (χ0v) is 12.5. The molecule has 2 nitrogen and oxygen atoms in total. The van der Waals surface area contributed by atoms with Crippen molar-refractivity contribution in [2.75, 3.05) is 5.32 Å². The molecule has 0 bridgehead atoms. The molecule has 0 aliphatic heterocycles. The molecule has 2 aromatic rings. The third kappa shape index (κ3) is 3.38. The Kier molecular flexibility index (Phi) is 4.30. The van der Waals surface area contributed by atoms with Crippen LogP contribution in [0.4, 0.5) is 11.4 Å². The predicted molar refractivity (Wildman–Crippen MR) is 86.8 cm³/mol. The van der Waals surface area contributed by atoms with Crippen LogP contribution in [0, 0.1) is 6.92 Å². The van der Waals surface area contributed by atoms with Crippen molar-refractivity contribution in [3.8, 4) is 0 Å². The van der Waals surface area contributed by atoms with Gasteiger partial charge in [0.25, 0.3) is 0 Å². The van der Waals surface area contributed by atoms with E-state index in [9.17, 15) is 0 Å². The van der Waals surface area contributed by atoms with Gasteiger partial charge in [-0.2, -0.15) is 0 Å². The number of nitrogens with two attached hydrogens (primary N) is 1. The second-order valence-corrected chi connectivity index (χ2v) is 5.43. The van der Waals surface area contributed by atoms with Crippen LogP contribution in [0.2, 0.25) is 10.0 Å². The average molecular weight is 311 g/mol. The summed E-state index contributed by atoms with van der Waals surface area (Å²) in [4.78, 5) is 0.291. The number of rotatable bonds is 3. The molecule has 0 radical (unpaired) electrons. The minimum Gasteiger partial charge on any atom is -0.389 e. The van der Waals surface area contributed by atoms with Crippen LogP contribution in [0.1, 0.15) is 11.1 Å². The molecule has 0 unspecified atom stereocenters. The third-order valence-electron chi connectivity index (χ3n) is 2.70. The van der Waals surface area contributed by atoms with E-state index in [1.165, 1.54) is 0 Å². The number of anilines is 2. The van der Waals surface area contributed by atoms with Crippen LogP contribution in [0.5, 0.6) is 0 Å². The summed E-state index contributed by atoms with van der Waals surface area (Å²) in [5.74, 6) is 0. The van der Waals surface area contributed by atoms with Crippen molar-refractivity contribution in [3.05, 3.63) is 57.6 Å². The standard InChI is InChI=1S/C14H12Cl2N2S/c1-8-6-9(15)2-5-13(8)18-10-3-4-11(14(17)19)12(16)7-10/h2-7,18H,1H3,(H2,17,19). The van der Waals surface area contributed by atoms with E-state index in [0.29, 0.717) is 20.6 Å². The lowest BCUT2D eigenvalue weighted by Crippen LogP contribution is -2.10. The smallest absolute Gasteiger partial charge is 0.105 e. The quantitative estimate of drug-likeness (QED) is 0.808. The Morgan fingerprint density at radius 1 is 1.16 bits per heavy atom. The number of benzene rings is 2. The lowest BCUT2D eigenvalue weighted by Gasteiger charge is -2.11. The van der Waals surface area contributed by atoms with Gasteiger partial charge in [0.15, 0.2) is 0 Å². The van der Waals surface area contributed by atoms with Crippen LogP contribution in [0.15, 0.2) is 36.4 Å². The van der Waals surface area contributed by atoms with Crippen molar-refractivity contribution in [1.82, 2.24) is 0 Å². The van der Waals surface area contributed by atoms with Crippen LogP contribution in [0.25, 0.3) is 0 Å². The Morgan fingerprint density at radius 2 is 1.89 bits per heavy atom. The van der Waals surface area contributed by atoms with Gasteiger partial charge in [0.1, 0.15) is 4.99 Å². The zero-order valence-electron chi connectivity index (χ0n) is 10.2. The molecule has 98 valence electrons. The van der Waals surface area contributed by atoms with Crippen LogP contribution in [-0.2, 0) is 0 Å². The molecule has 0 aliphatic carbocycles. The summed E-state index contributed by atoms with van der Waals surface area (Å²) in [6.45, 7) is 1.99. The zero-order chi connectivity index (χ0) is 14.0. The maximum atomic E-state index is 6.13. The first-order chi connectivity index (χ1) is 8.97. The number of hydrogen-bond donors (Lipinski definition) is 2. The number of hydrogen-bond acceptors (Lipinski definition) is 2. The van der Waals surface area contributed by atoms with Crippen LogP contribution in [0.3, 0.4) is 0 Å². The molecular weight excluding hydrogens is 299 g/mol. The van der Waals surface area contributed by atoms with Crippen molar-refractivity contribution in [3.63, 3.8) is 0 Å². The summed E-state index contributed by atoms with van der Waals surface area (Å²) >= 11 is 17.0. The molecule has 0 atom stereocenters. The molecule has 19 heavy (non-hydrogen) atoms. The first-order valence-corrected chi connectivity index (χ1v) is 6.76. The first kappa shape index (κ1) is 14.1. The molecule has 0 saturated carbocycles. The highest BCUT2D eigenvalue weighted by Gasteiger charge is 2.05. The fourth-order valence-corrected chi connectivity index (χ4v) is 2.46. The number of nitrogens with one attached hydrogen (secondary N) is 1. The Labute approximate surface area is 127 Å². The van der Waals surface area contributed by atoms with Gasteiger partial charge in [-0.05, 0) is 48.9 Å². The van der Waals surface area contributed by atoms with E-state index in [-0.39, 0.29) is 0 Å². The predicted octanol–water partition coefficient (Wildman–Crippen LogP) is 4.68.